The lowest BCUT2D eigenvalue weighted by molar-refractivity contribution is -0.143. The zero-order valence-corrected chi connectivity index (χ0v) is 19.3. The van der Waals surface area contributed by atoms with Crippen molar-refractivity contribution in [1.82, 2.24) is 10.6 Å². The number of amides is 2. The molecule has 3 aliphatic rings. The number of ether oxygens (including phenoxy) is 1. The molecule has 4 atom stereocenters. The summed E-state index contributed by atoms with van der Waals surface area (Å²) >= 11 is 0. The monoisotopic (exact) mass is 462 g/mol. The Morgan fingerprint density at radius 2 is 1.71 bits per heavy atom. The number of carboxylic acids is 1. The molecule has 2 aromatic rings. The van der Waals surface area contributed by atoms with Crippen LogP contribution in [0.15, 0.2) is 48.5 Å². The van der Waals surface area contributed by atoms with E-state index in [2.05, 4.69) is 34.9 Å². The maximum atomic E-state index is 12.9. The van der Waals surface area contributed by atoms with Gasteiger partial charge in [0.25, 0.3) is 0 Å². The van der Waals surface area contributed by atoms with Gasteiger partial charge in [-0.2, -0.15) is 0 Å². The number of hydrogen-bond donors (Lipinski definition) is 3. The van der Waals surface area contributed by atoms with Crippen LogP contribution < -0.4 is 10.6 Å². The van der Waals surface area contributed by atoms with Crippen molar-refractivity contribution in [3.05, 3.63) is 59.7 Å². The summed E-state index contributed by atoms with van der Waals surface area (Å²) in [5, 5.41) is 15.2. The van der Waals surface area contributed by atoms with Gasteiger partial charge in [0.1, 0.15) is 12.6 Å². The summed E-state index contributed by atoms with van der Waals surface area (Å²) in [6.07, 6.45) is 2.42. The second-order valence-electron chi connectivity index (χ2n) is 9.82. The molecule has 0 aliphatic heterocycles. The van der Waals surface area contributed by atoms with Crippen molar-refractivity contribution in [3.63, 3.8) is 0 Å². The van der Waals surface area contributed by atoms with E-state index in [9.17, 15) is 19.5 Å². The molecule has 178 valence electrons. The average Bonchev–Trinajstić information content (AvgIpc) is 3.26. The first kappa shape index (κ1) is 22.4. The van der Waals surface area contributed by atoms with Crippen molar-refractivity contribution < 1.29 is 24.2 Å². The van der Waals surface area contributed by atoms with Gasteiger partial charge in [0, 0.05) is 12.0 Å². The van der Waals surface area contributed by atoms with Crippen molar-refractivity contribution in [2.75, 3.05) is 6.61 Å². The summed E-state index contributed by atoms with van der Waals surface area (Å²) in [5.74, 6) is -0.942. The van der Waals surface area contributed by atoms with Crippen LogP contribution in [-0.2, 0) is 14.3 Å². The zero-order valence-electron chi connectivity index (χ0n) is 19.3. The molecule has 5 rings (SSSR count). The highest BCUT2D eigenvalue weighted by Crippen LogP contribution is 2.63. The van der Waals surface area contributed by atoms with Crippen LogP contribution >= 0.6 is 0 Å². The second kappa shape index (κ2) is 8.78. The van der Waals surface area contributed by atoms with Crippen LogP contribution in [0.4, 0.5) is 4.79 Å². The normalized spacial score (nSPS) is 25.0. The second-order valence-corrected chi connectivity index (χ2v) is 9.82. The lowest BCUT2D eigenvalue weighted by atomic mass is 9.98. The number of rotatable bonds is 8. The highest BCUT2D eigenvalue weighted by molar-refractivity contribution is 5.86. The minimum atomic E-state index is -0.767. The van der Waals surface area contributed by atoms with E-state index >= 15 is 0 Å². The Morgan fingerprint density at radius 1 is 1.06 bits per heavy atom. The van der Waals surface area contributed by atoms with Crippen molar-refractivity contribution in [2.24, 2.45) is 11.3 Å². The van der Waals surface area contributed by atoms with Gasteiger partial charge in [-0.1, -0.05) is 61.9 Å². The van der Waals surface area contributed by atoms with Gasteiger partial charge in [-0.3, -0.25) is 9.59 Å². The fourth-order valence-corrected chi connectivity index (χ4v) is 5.91. The highest BCUT2D eigenvalue weighted by atomic mass is 16.5. The minimum absolute atomic E-state index is 0.0472. The number of fused-ring (bicyclic) bond motifs is 4. The number of carbonyl (C=O) groups is 3. The minimum Gasteiger partial charge on any atom is -0.481 e. The molecule has 7 nitrogen and oxygen atoms in total. The van der Waals surface area contributed by atoms with Gasteiger partial charge in [-0.05, 0) is 53.9 Å². The Balaban J connectivity index is 1.19. The van der Waals surface area contributed by atoms with Crippen LogP contribution in [0.2, 0.25) is 0 Å². The number of alkyl carbamates (subject to hydrolysis) is 1. The summed E-state index contributed by atoms with van der Waals surface area (Å²) in [6, 6.07) is 15.4. The Hall–Kier alpha value is -3.35. The fourth-order valence-electron chi connectivity index (χ4n) is 5.91. The maximum Gasteiger partial charge on any atom is 0.407 e. The Morgan fingerprint density at radius 3 is 2.29 bits per heavy atom. The lowest BCUT2D eigenvalue weighted by Gasteiger charge is -2.22. The topological polar surface area (TPSA) is 105 Å². The molecule has 3 N–H and O–H groups in total. The highest BCUT2D eigenvalue weighted by Gasteiger charge is 2.65. The zero-order chi connectivity index (χ0) is 23.9. The van der Waals surface area contributed by atoms with Crippen molar-refractivity contribution in [3.8, 4) is 11.1 Å². The molecule has 0 unspecified atom stereocenters. The molecule has 0 bridgehead atoms. The number of aliphatic carboxylic acids is 1. The van der Waals surface area contributed by atoms with Gasteiger partial charge >= 0.3 is 12.1 Å². The van der Waals surface area contributed by atoms with Crippen LogP contribution in [0, 0.1) is 11.3 Å². The van der Waals surface area contributed by atoms with E-state index in [0.29, 0.717) is 32.1 Å². The van der Waals surface area contributed by atoms with Crippen LogP contribution in [-0.4, -0.2) is 41.8 Å². The van der Waals surface area contributed by atoms with Gasteiger partial charge < -0.3 is 20.5 Å². The van der Waals surface area contributed by atoms with Crippen LogP contribution in [0.1, 0.15) is 56.1 Å². The van der Waals surface area contributed by atoms with Gasteiger partial charge in [-0.15, -0.1) is 0 Å². The molecule has 0 aromatic heterocycles. The number of carbonyl (C=O) groups excluding carboxylic acids is 2. The van der Waals surface area contributed by atoms with Crippen LogP contribution in [0.25, 0.3) is 11.1 Å². The van der Waals surface area contributed by atoms with Crippen LogP contribution in [0.3, 0.4) is 0 Å². The molecule has 7 heteroatoms. The van der Waals surface area contributed by atoms with Gasteiger partial charge in [0.05, 0.1) is 5.41 Å². The molecule has 0 radical (unpaired) electrons. The van der Waals surface area contributed by atoms with E-state index in [-0.39, 0.29) is 30.4 Å². The first-order valence-corrected chi connectivity index (χ1v) is 12.1. The summed E-state index contributed by atoms with van der Waals surface area (Å²) in [5.41, 5.74) is 3.92. The summed E-state index contributed by atoms with van der Waals surface area (Å²) in [4.78, 5) is 37.1. The molecule has 0 saturated heterocycles. The van der Waals surface area contributed by atoms with Gasteiger partial charge in [0.2, 0.25) is 5.91 Å². The fraction of sp³-hybridized carbons (Fsp3) is 0.444. The van der Waals surface area contributed by atoms with E-state index < -0.39 is 23.5 Å². The van der Waals surface area contributed by atoms with Crippen molar-refractivity contribution in [2.45, 2.75) is 57.0 Å². The number of nitrogens with one attached hydrogen (secondary N) is 2. The smallest absolute Gasteiger partial charge is 0.407 e. The number of hydrogen-bond acceptors (Lipinski definition) is 4. The first-order valence-electron chi connectivity index (χ1n) is 12.1. The molecular formula is C27H30N2O5. The van der Waals surface area contributed by atoms with Crippen molar-refractivity contribution >= 4 is 18.0 Å². The molecular weight excluding hydrogens is 432 g/mol. The van der Waals surface area contributed by atoms with E-state index in [1.807, 2.05) is 31.2 Å². The lowest BCUT2D eigenvalue weighted by Crippen LogP contribution is -2.49. The third kappa shape index (κ3) is 3.93. The number of carboxylic acid groups (broad SMARTS) is 1. The molecule has 0 spiro atoms. The molecule has 2 saturated carbocycles. The van der Waals surface area contributed by atoms with E-state index in [4.69, 9.17) is 4.74 Å². The third-order valence-corrected chi connectivity index (χ3v) is 7.71. The predicted octanol–water partition coefficient (Wildman–Crippen LogP) is 4.06. The van der Waals surface area contributed by atoms with E-state index in [1.54, 1.807) is 0 Å². The molecule has 34 heavy (non-hydrogen) atoms. The van der Waals surface area contributed by atoms with Crippen LogP contribution in [0.5, 0.6) is 0 Å². The standard InChI is InChI=1S/C27H30N2O5/c1-2-7-23(24(30)28-17-12-16-13-27(16,14-17)25(31)32)29-26(33)34-15-22-20-10-5-3-8-18(20)19-9-4-6-11-21(19)22/h3-6,8-11,16-17,22-23H,2,7,12-15H2,1H3,(H,28,30)(H,29,33)(H,31,32)/t16-,17+,23+,27+/m0/s1. The Kier molecular flexibility index (Phi) is 5.80. The van der Waals surface area contributed by atoms with E-state index in [0.717, 1.165) is 22.3 Å². The van der Waals surface area contributed by atoms with Crippen molar-refractivity contribution in [1.29, 1.82) is 0 Å². The summed E-state index contributed by atoms with van der Waals surface area (Å²) in [7, 11) is 0. The first-order chi connectivity index (χ1) is 16.4. The molecule has 2 aromatic carbocycles. The molecule has 2 fully saturated rings. The van der Waals surface area contributed by atoms with E-state index in [1.165, 1.54) is 0 Å². The number of benzene rings is 2. The third-order valence-electron chi connectivity index (χ3n) is 7.71. The molecule has 0 heterocycles. The summed E-state index contributed by atoms with van der Waals surface area (Å²) < 4.78 is 5.60. The Bertz CT molecular complexity index is 1090. The maximum absolute atomic E-state index is 12.9. The largest absolute Gasteiger partial charge is 0.481 e. The molecule has 3 aliphatic carbocycles. The average molecular weight is 463 g/mol. The molecule has 2 amide bonds. The quantitative estimate of drug-likeness (QED) is 0.549. The van der Waals surface area contributed by atoms with Gasteiger partial charge in [0.15, 0.2) is 0 Å². The SMILES string of the molecule is CCC[C@@H](NC(=O)OCC1c2ccccc2-c2ccccc21)C(=O)N[C@@H]1C[C@H]2C[C@@]2(C(=O)O)C1. The van der Waals surface area contributed by atoms with Gasteiger partial charge in [-0.25, -0.2) is 4.79 Å². The predicted molar refractivity (Wildman–Crippen MR) is 126 cm³/mol. The Labute approximate surface area is 198 Å². The summed E-state index contributed by atoms with van der Waals surface area (Å²) in [6.45, 7) is 2.13.